The predicted molar refractivity (Wildman–Crippen MR) is 152 cm³/mol. The molecule has 2 aliphatic heterocycles. The van der Waals surface area contributed by atoms with E-state index in [4.69, 9.17) is 0 Å². The highest BCUT2D eigenvalue weighted by Gasteiger charge is 2.27. The largest absolute Gasteiger partial charge is 0.338 e. The van der Waals surface area contributed by atoms with E-state index in [9.17, 15) is 9.59 Å². The molecule has 1 saturated carbocycles. The van der Waals surface area contributed by atoms with Gasteiger partial charge in [0.25, 0.3) is 5.91 Å². The average Bonchev–Trinajstić information content (AvgIpc) is 3.75. The third kappa shape index (κ3) is 5.49. The van der Waals surface area contributed by atoms with Crippen molar-refractivity contribution in [1.82, 2.24) is 24.9 Å². The maximum atomic E-state index is 13.8. The molecule has 204 valence electrons. The van der Waals surface area contributed by atoms with Gasteiger partial charge < -0.3 is 20.4 Å². The zero-order valence-electron chi connectivity index (χ0n) is 22.8. The van der Waals surface area contributed by atoms with Gasteiger partial charge in [-0.25, -0.2) is 4.79 Å². The molecule has 2 fully saturated rings. The molecular formula is C30H37N7O2. The van der Waals surface area contributed by atoms with E-state index in [1.807, 2.05) is 61.3 Å². The predicted octanol–water partition coefficient (Wildman–Crippen LogP) is 4.26. The molecule has 3 heterocycles. The van der Waals surface area contributed by atoms with Crippen molar-refractivity contribution in [3.05, 3.63) is 70.9 Å². The molecule has 2 N–H and O–H groups in total. The van der Waals surface area contributed by atoms with Crippen LogP contribution >= 0.6 is 0 Å². The lowest BCUT2D eigenvalue weighted by atomic mass is 10.0. The zero-order valence-corrected chi connectivity index (χ0v) is 22.8. The number of carbonyl (C=O) groups is 2. The van der Waals surface area contributed by atoms with Crippen molar-refractivity contribution in [1.29, 1.82) is 0 Å². The molecule has 1 aliphatic carbocycles. The van der Waals surface area contributed by atoms with Crippen molar-refractivity contribution in [3.8, 4) is 0 Å². The Morgan fingerprint density at radius 1 is 1.08 bits per heavy atom. The van der Waals surface area contributed by atoms with Crippen LogP contribution < -0.4 is 15.5 Å². The van der Waals surface area contributed by atoms with Gasteiger partial charge in [0, 0.05) is 50.9 Å². The second kappa shape index (κ2) is 10.7. The molecule has 1 saturated heterocycles. The van der Waals surface area contributed by atoms with Gasteiger partial charge in [0.1, 0.15) is 5.82 Å². The summed E-state index contributed by atoms with van der Waals surface area (Å²) < 4.78 is 1.79. The summed E-state index contributed by atoms with van der Waals surface area (Å²) in [6, 6.07) is 13.6. The van der Waals surface area contributed by atoms with E-state index in [1.165, 1.54) is 19.3 Å². The number of aryl methyl sites for hydroxylation is 2. The Morgan fingerprint density at radius 2 is 1.87 bits per heavy atom. The van der Waals surface area contributed by atoms with Gasteiger partial charge in [0.2, 0.25) is 0 Å². The lowest BCUT2D eigenvalue weighted by Gasteiger charge is -2.34. The molecule has 3 aromatic rings. The number of benzene rings is 2. The highest BCUT2D eigenvalue weighted by Crippen LogP contribution is 2.36. The second-order valence-corrected chi connectivity index (χ2v) is 11.0. The molecule has 1 aromatic heterocycles. The van der Waals surface area contributed by atoms with Crippen LogP contribution in [0.1, 0.15) is 46.3 Å². The molecule has 2 aromatic carbocycles. The van der Waals surface area contributed by atoms with Gasteiger partial charge in [-0.3, -0.25) is 14.4 Å². The Balaban J connectivity index is 1.09. The number of urea groups is 1. The molecule has 9 nitrogen and oxygen atoms in total. The van der Waals surface area contributed by atoms with Crippen molar-refractivity contribution in [2.45, 2.75) is 39.3 Å². The standard InChI is InChI=1S/C30H37N7O2/c1-21-17-23(29(38)37-20-25-19-32-34(2)28(25)33-26-5-3-4-6-27(26)37)9-10-24(21)18-31-30(39)36-15-13-35(14-16-36)12-11-22-7-8-22/h3-6,9-10,17,19,22,33H,7-8,11-16,18,20H2,1-2H3,(H,31,39). The van der Waals surface area contributed by atoms with Crippen LogP contribution in [-0.4, -0.2) is 64.2 Å². The van der Waals surface area contributed by atoms with E-state index in [2.05, 4.69) is 20.6 Å². The Morgan fingerprint density at radius 3 is 2.64 bits per heavy atom. The number of piperazine rings is 1. The summed E-state index contributed by atoms with van der Waals surface area (Å²) in [5, 5.41) is 10.9. The summed E-state index contributed by atoms with van der Waals surface area (Å²) in [6.45, 7) is 7.47. The van der Waals surface area contributed by atoms with Crippen LogP contribution in [0.4, 0.5) is 22.0 Å². The minimum Gasteiger partial charge on any atom is -0.338 e. The summed E-state index contributed by atoms with van der Waals surface area (Å²) >= 11 is 0. The van der Waals surface area contributed by atoms with E-state index >= 15 is 0 Å². The van der Waals surface area contributed by atoms with Crippen LogP contribution in [-0.2, 0) is 20.1 Å². The third-order valence-corrected chi connectivity index (χ3v) is 8.27. The number of rotatable bonds is 6. The van der Waals surface area contributed by atoms with Crippen LogP contribution in [0, 0.1) is 12.8 Å². The smallest absolute Gasteiger partial charge is 0.317 e. The first-order valence-corrected chi connectivity index (χ1v) is 14.0. The number of nitrogens with zero attached hydrogens (tertiary/aromatic N) is 5. The summed E-state index contributed by atoms with van der Waals surface area (Å²) in [5.74, 6) is 1.77. The number of para-hydroxylation sites is 2. The topological polar surface area (TPSA) is 85.7 Å². The monoisotopic (exact) mass is 527 g/mol. The second-order valence-electron chi connectivity index (χ2n) is 11.0. The van der Waals surface area contributed by atoms with E-state index in [0.29, 0.717) is 18.7 Å². The van der Waals surface area contributed by atoms with Crippen LogP contribution in [0.15, 0.2) is 48.7 Å². The first kappa shape index (κ1) is 25.4. The molecule has 3 aliphatic rings. The van der Waals surface area contributed by atoms with Crippen molar-refractivity contribution < 1.29 is 9.59 Å². The van der Waals surface area contributed by atoms with Gasteiger partial charge in [-0.15, -0.1) is 0 Å². The molecule has 0 bridgehead atoms. The fourth-order valence-corrected chi connectivity index (χ4v) is 5.55. The fraction of sp³-hybridized carbons (Fsp3) is 0.433. The Kier molecular flexibility index (Phi) is 6.99. The molecule has 9 heteroatoms. The fourth-order valence-electron chi connectivity index (χ4n) is 5.55. The van der Waals surface area contributed by atoms with E-state index in [-0.39, 0.29) is 11.9 Å². The van der Waals surface area contributed by atoms with Gasteiger partial charge >= 0.3 is 6.03 Å². The Hall–Kier alpha value is -3.85. The molecule has 0 unspecified atom stereocenters. The van der Waals surface area contributed by atoms with Gasteiger partial charge in [0.15, 0.2) is 0 Å². The number of fused-ring (bicyclic) bond motifs is 2. The molecule has 0 atom stereocenters. The molecule has 0 spiro atoms. The number of aromatic nitrogens is 2. The number of amides is 3. The van der Waals surface area contributed by atoms with Crippen molar-refractivity contribution in [2.24, 2.45) is 13.0 Å². The third-order valence-electron chi connectivity index (χ3n) is 8.27. The quantitative estimate of drug-likeness (QED) is 0.500. The summed E-state index contributed by atoms with van der Waals surface area (Å²) in [5.41, 5.74) is 5.27. The molecule has 39 heavy (non-hydrogen) atoms. The maximum Gasteiger partial charge on any atom is 0.317 e. The van der Waals surface area contributed by atoms with Gasteiger partial charge in [-0.05, 0) is 61.2 Å². The van der Waals surface area contributed by atoms with Crippen LogP contribution in [0.25, 0.3) is 0 Å². The Bertz CT molecular complexity index is 1370. The van der Waals surface area contributed by atoms with E-state index in [1.54, 1.807) is 15.8 Å². The average molecular weight is 528 g/mol. The maximum absolute atomic E-state index is 13.8. The first-order valence-electron chi connectivity index (χ1n) is 14.0. The molecule has 3 amide bonds. The van der Waals surface area contributed by atoms with Crippen molar-refractivity contribution in [3.63, 3.8) is 0 Å². The zero-order chi connectivity index (χ0) is 26.9. The van der Waals surface area contributed by atoms with Crippen LogP contribution in [0.5, 0.6) is 0 Å². The summed E-state index contributed by atoms with van der Waals surface area (Å²) in [6.07, 6.45) is 5.90. The summed E-state index contributed by atoms with van der Waals surface area (Å²) in [4.78, 5) is 32.8. The highest BCUT2D eigenvalue weighted by atomic mass is 16.2. The van der Waals surface area contributed by atoms with Crippen molar-refractivity contribution >= 4 is 29.1 Å². The Labute approximate surface area is 229 Å². The molecule has 6 rings (SSSR count). The normalized spacial score (nSPS) is 17.2. The van der Waals surface area contributed by atoms with Gasteiger partial charge in [-0.2, -0.15) is 5.10 Å². The molecular weight excluding hydrogens is 490 g/mol. The minimum atomic E-state index is -0.0702. The number of hydrogen-bond acceptors (Lipinski definition) is 5. The summed E-state index contributed by atoms with van der Waals surface area (Å²) in [7, 11) is 1.89. The van der Waals surface area contributed by atoms with Crippen molar-refractivity contribution in [2.75, 3.05) is 42.9 Å². The van der Waals surface area contributed by atoms with Crippen LogP contribution in [0.3, 0.4) is 0 Å². The van der Waals surface area contributed by atoms with Crippen LogP contribution in [0.2, 0.25) is 0 Å². The minimum absolute atomic E-state index is 0.0163. The first-order chi connectivity index (χ1) is 19.0. The number of carbonyl (C=O) groups excluding carboxylic acids is 2. The number of nitrogens with one attached hydrogen (secondary N) is 2. The molecule has 0 radical (unpaired) electrons. The van der Waals surface area contributed by atoms with Gasteiger partial charge in [-0.1, -0.05) is 31.0 Å². The van der Waals surface area contributed by atoms with E-state index in [0.717, 1.165) is 72.5 Å². The highest BCUT2D eigenvalue weighted by molar-refractivity contribution is 6.08. The number of hydrogen-bond donors (Lipinski definition) is 2. The SMILES string of the molecule is Cc1cc(C(=O)N2Cc3cnn(C)c3Nc3ccccc32)ccc1CNC(=O)N1CCN(CCC2CC2)CC1. The van der Waals surface area contributed by atoms with Gasteiger partial charge in [0.05, 0.1) is 24.1 Å². The lowest BCUT2D eigenvalue weighted by molar-refractivity contribution is 0.0985. The number of anilines is 3. The van der Waals surface area contributed by atoms with E-state index < -0.39 is 0 Å². The lowest BCUT2D eigenvalue weighted by Crippen LogP contribution is -2.51.